The topological polar surface area (TPSA) is 133 Å². The summed E-state index contributed by atoms with van der Waals surface area (Å²) in [7, 11) is 0. The number of hydrogen-bond acceptors (Lipinski definition) is 6. The van der Waals surface area contributed by atoms with Gasteiger partial charge in [-0.15, -0.1) is 0 Å². The van der Waals surface area contributed by atoms with Crippen molar-refractivity contribution in [1.82, 2.24) is 29.7 Å². The number of amides is 1. The lowest BCUT2D eigenvalue weighted by Gasteiger charge is -2.32. The minimum Gasteiger partial charge on any atom is -0.364 e. The first-order chi connectivity index (χ1) is 22.1. The molecule has 2 aliphatic heterocycles. The van der Waals surface area contributed by atoms with Crippen LogP contribution in [0.3, 0.4) is 0 Å². The van der Waals surface area contributed by atoms with Gasteiger partial charge in [-0.3, -0.25) is 4.79 Å². The highest BCUT2D eigenvalue weighted by molar-refractivity contribution is 5.82. The molecule has 2 aromatic carbocycles. The standard InChI is InChI=1S/C37H48N8O/c1-22(2)33(38)24(5)44-18-6-8-31(44)35-40-20-29(42-35)27-14-10-25(11-15-27)26-12-16-28(17-13-26)30-21-41-36(43-30)32-9-7-19-45(32)37(46)34(39)23(3)4/h10-17,20-23,31-34H,5-9,18-19,38-39H2,1-4H3,(H,40,42)(H,41,43)/t31-,32?,33-,34-/m0/s1. The third-order valence-corrected chi connectivity index (χ3v) is 9.81. The second kappa shape index (κ2) is 13.3. The van der Waals surface area contributed by atoms with E-state index in [1.165, 1.54) is 0 Å². The Hall–Kier alpha value is -4.21. The number of carbonyl (C=O) groups excluding carboxylic acids is 1. The number of carbonyl (C=O) groups is 1. The van der Waals surface area contributed by atoms with Crippen LogP contribution >= 0.6 is 0 Å². The summed E-state index contributed by atoms with van der Waals surface area (Å²) in [4.78, 5) is 33.7. The number of rotatable bonds is 10. The number of imidazole rings is 2. The van der Waals surface area contributed by atoms with Gasteiger partial charge in [0.25, 0.3) is 0 Å². The lowest BCUT2D eigenvalue weighted by Crippen LogP contribution is -2.46. The maximum absolute atomic E-state index is 13.0. The molecule has 0 bridgehead atoms. The number of aromatic nitrogens is 4. The van der Waals surface area contributed by atoms with E-state index >= 15 is 0 Å². The van der Waals surface area contributed by atoms with Gasteiger partial charge in [0.05, 0.1) is 41.9 Å². The first kappa shape index (κ1) is 31.8. The van der Waals surface area contributed by atoms with E-state index in [0.717, 1.165) is 89.8 Å². The lowest BCUT2D eigenvalue weighted by molar-refractivity contribution is -0.134. The first-order valence-electron chi connectivity index (χ1n) is 16.7. The summed E-state index contributed by atoms with van der Waals surface area (Å²) in [5, 5.41) is 0. The summed E-state index contributed by atoms with van der Waals surface area (Å²) in [5.74, 6) is 2.24. The molecule has 2 aromatic heterocycles. The summed E-state index contributed by atoms with van der Waals surface area (Å²) in [6.45, 7) is 14.3. The van der Waals surface area contributed by atoms with Gasteiger partial charge in [-0.25, -0.2) is 9.97 Å². The predicted octanol–water partition coefficient (Wildman–Crippen LogP) is 6.41. The number of likely N-dealkylation sites (tertiary alicyclic amines) is 2. The van der Waals surface area contributed by atoms with Gasteiger partial charge in [0.15, 0.2) is 0 Å². The second-order valence-corrected chi connectivity index (χ2v) is 13.6. The molecular weight excluding hydrogens is 572 g/mol. The fraction of sp³-hybridized carbons (Fsp3) is 0.432. The van der Waals surface area contributed by atoms with E-state index in [-0.39, 0.29) is 30.0 Å². The van der Waals surface area contributed by atoms with Gasteiger partial charge in [0.1, 0.15) is 11.6 Å². The van der Waals surface area contributed by atoms with Crippen LogP contribution < -0.4 is 11.5 Å². The quantitative estimate of drug-likeness (QED) is 0.162. The van der Waals surface area contributed by atoms with Crippen molar-refractivity contribution in [2.24, 2.45) is 23.3 Å². The fourth-order valence-corrected chi connectivity index (χ4v) is 6.75. The number of nitrogens with one attached hydrogen (secondary N) is 2. The molecule has 0 spiro atoms. The summed E-state index contributed by atoms with van der Waals surface area (Å²) in [6, 6.07) is 16.7. The SMILES string of the molecule is C=C([C@@H](N)C(C)C)N1CCC[C@H]1c1ncc(-c2ccc(-c3ccc(-c4cnc(C5CCCN5C(=O)[C@@H](N)C(C)C)[nH]4)cc3)cc2)[nH]1. The van der Waals surface area contributed by atoms with E-state index in [1.807, 2.05) is 31.1 Å². The van der Waals surface area contributed by atoms with Crippen LogP contribution in [0.15, 0.2) is 73.2 Å². The molecule has 0 aliphatic carbocycles. The number of benzene rings is 2. The Labute approximate surface area is 272 Å². The van der Waals surface area contributed by atoms with Crippen molar-refractivity contribution in [2.75, 3.05) is 13.1 Å². The average molecular weight is 621 g/mol. The van der Waals surface area contributed by atoms with E-state index in [1.54, 1.807) is 0 Å². The zero-order chi connectivity index (χ0) is 32.5. The molecule has 9 heteroatoms. The van der Waals surface area contributed by atoms with Crippen molar-refractivity contribution in [3.8, 4) is 33.6 Å². The van der Waals surface area contributed by atoms with E-state index in [2.05, 4.69) is 88.8 Å². The molecule has 2 aliphatic rings. The van der Waals surface area contributed by atoms with Crippen molar-refractivity contribution in [1.29, 1.82) is 0 Å². The Bertz CT molecular complexity index is 1530. The largest absolute Gasteiger partial charge is 0.364 e. The molecule has 0 saturated carbocycles. The van der Waals surface area contributed by atoms with Crippen molar-refractivity contribution in [3.63, 3.8) is 0 Å². The lowest BCUT2D eigenvalue weighted by atomic mass is 10.0. The third-order valence-electron chi connectivity index (χ3n) is 9.81. The van der Waals surface area contributed by atoms with E-state index in [0.29, 0.717) is 5.92 Å². The molecule has 4 atom stereocenters. The van der Waals surface area contributed by atoms with Crippen LogP contribution in [0.25, 0.3) is 33.6 Å². The normalized spacial score (nSPS) is 19.7. The Balaban J connectivity index is 1.12. The highest BCUT2D eigenvalue weighted by Gasteiger charge is 2.35. The van der Waals surface area contributed by atoms with Crippen LogP contribution in [-0.4, -0.2) is 60.8 Å². The minimum atomic E-state index is -0.489. The van der Waals surface area contributed by atoms with Gasteiger partial charge < -0.3 is 31.2 Å². The molecule has 1 unspecified atom stereocenters. The van der Waals surface area contributed by atoms with E-state index < -0.39 is 6.04 Å². The van der Waals surface area contributed by atoms with E-state index in [9.17, 15) is 4.79 Å². The Morgan fingerprint density at radius 1 is 0.717 bits per heavy atom. The highest BCUT2D eigenvalue weighted by atomic mass is 16.2. The number of nitrogens with zero attached hydrogens (tertiary/aromatic N) is 4. The van der Waals surface area contributed by atoms with Crippen molar-refractivity contribution in [2.45, 2.75) is 77.5 Å². The number of nitrogens with two attached hydrogens (primary N) is 2. The maximum Gasteiger partial charge on any atom is 0.240 e. The van der Waals surface area contributed by atoms with Gasteiger partial charge in [-0.05, 0) is 59.8 Å². The molecule has 4 heterocycles. The number of hydrogen-bond donors (Lipinski definition) is 4. The molecule has 242 valence electrons. The Morgan fingerprint density at radius 3 is 1.59 bits per heavy atom. The van der Waals surface area contributed by atoms with Gasteiger partial charge in [-0.1, -0.05) is 82.8 Å². The predicted molar refractivity (Wildman–Crippen MR) is 184 cm³/mol. The maximum atomic E-state index is 13.0. The van der Waals surface area contributed by atoms with Crippen LogP contribution in [0.1, 0.15) is 77.1 Å². The summed E-state index contributed by atoms with van der Waals surface area (Å²) < 4.78 is 0. The molecule has 6 N–H and O–H groups in total. The van der Waals surface area contributed by atoms with Crippen LogP contribution in [0.5, 0.6) is 0 Å². The monoisotopic (exact) mass is 620 g/mol. The Morgan fingerprint density at radius 2 is 1.13 bits per heavy atom. The zero-order valence-corrected chi connectivity index (χ0v) is 27.5. The van der Waals surface area contributed by atoms with Crippen LogP contribution in [0.4, 0.5) is 0 Å². The number of aromatic amines is 2. The molecule has 6 rings (SSSR count). The molecule has 1 amide bonds. The van der Waals surface area contributed by atoms with Gasteiger partial charge >= 0.3 is 0 Å². The smallest absolute Gasteiger partial charge is 0.240 e. The van der Waals surface area contributed by atoms with Crippen LogP contribution in [0, 0.1) is 11.8 Å². The minimum absolute atomic E-state index is 0.00726. The molecule has 46 heavy (non-hydrogen) atoms. The molecule has 9 nitrogen and oxygen atoms in total. The molecule has 4 aromatic rings. The van der Waals surface area contributed by atoms with Crippen molar-refractivity contribution < 1.29 is 4.79 Å². The highest BCUT2D eigenvalue weighted by Crippen LogP contribution is 2.36. The van der Waals surface area contributed by atoms with Crippen LogP contribution in [0.2, 0.25) is 0 Å². The third kappa shape index (κ3) is 6.26. The first-order valence-corrected chi connectivity index (χ1v) is 16.7. The van der Waals surface area contributed by atoms with Gasteiger partial charge in [0, 0.05) is 24.8 Å². The Kier molecular flexibility index (Phi) is 9.15. The summed E-state index contributed by atoms with van der Waals surface area (Å²) >= 11 is 0. The van der Waals surface area contributed by atoms with Crippen molar-refractivity contribution in [3.05, 3.63) is 84.8 Å². The summed E-state index contributed by atoms with van der Waals surface area (Å²) in [6.07, 6.45) is 7.78. The number of H-pyrrole nitrogens is 2. The zero-order valence-electron chi connectivity index (χ0n) is 27.5. The second-order valence-electron chi connectivity index (χ2n) is 13.6. The fourth-order valence-electron chi connectivity index (χ4n) is 6.75. The summed E-state index contributed by atoms with van der Waals surface area (Å²) in [5.41, 5.74) is 20.0. The van der Waals surface area contributed by atoms with Crippen molar-refractivity contribution >= 4 is 5.91 Å². The molecule has 0 radical (unpaired) electrons. The molecular formula is C37H48N8O. The van der Waals surface area contributed by atoms with E-state index in [4.69, 9.17) is 16.5 Å². The van der Waals surface area contributed by atoms with Crippen LogP contribution in [-0.2, 0) is 4.79 Å². The van der Waals surface area contributed by atoms with Gasteiger partial charge in [0.2, 0.25) is 5.91 Å². The van der Waals surface area contributed by atoms with Gasteiger partial charge in [-0.2, -0.15) is 0 Å². The molecule has 2 fully saturated rings. The average Bonchev–Trinajstić information content (AvgIpc) is 3.89. The molecule has 2 saturated heterocycles.